The fourth-order valence-electron chi connectivity index (χ4n) is 2.77. The van der Waals surface area contributed by atoms with Crippen molar-refractivity contribution in [1.29, 1.82) is 0 Å². The van der Waals surface area contributed by atoms with Gasteiger partial charge in [-0.05, 0) is 38.1 Å². The Kier molecular flexibility index (Phi) is 5.57. The molecule has 0 bridgehead atoms. The molecule has 2 amide bonds. The van der Waals surface area contributed by atoms with Crippen LogP contribution in [0.1, 0.15) is 30.6 Å². The van der Waals surface area contributed by atoms with Crippen LogP contribution in [0, 0.1) is 5.92 Å². The van der Waals surface area contributed by atoms with Gasteiger partial charge in [0, 0.05) is 23.6 Å². The lowest BCUT2D eigenvalue weighted by molar-refractivity contribution is -0.160. The molecule has 6 nitrogen and oxygen atoms in total. The van der Waals surface area contributed by atoms with E-state index in [2.05, 4.69) is 0 Å². The lowest BCUT2D eigenvalue weighted by Gasteiger charge is -2.26. The molecule has 0 aliphatic carbocycles. The van der Waals surface area contributed by atoms with Crippen molar-refractivity contribution in [3.05, 3.63) is 34.9 Å². The van der Waals surface area contributed by atoms with E-state index < -0.39 is 41.6 Å². The number of esters is 1. The number of alkyl halides is 1. The molecule has 0 radical (unpaired) electrons. The SMILES string of the molecule is CCOC(=O)[C@](F)(C(=O)c1ccc(Cl)cc1)[C@H]1CC(=O)N(CC)C1=O. The number of carbonyl (C=O) groups excluding carboxylic acids is 4. The van der Waals surface area contributed by atoms with Crippen LogP contribution >= 0.6 is 11.6 Å². The van der Waals surface area contributed by atoms with Crippen molar-refractivity contribution in [1.82, 2.24) is 4.90 Å². The van der Waals surface area contributed by atoms with Crippen molar-refractivity contribution < 1.29 is 28.3 Å². The largest absolute Gasteiger partial charge is 0.463 e. The minimum atomic E-state index is -3.28. The van der Waals surface area contributed by atoms with Gasteiger partial charge in [-0.1, -0.05) is 11.6 Å². The van der Waals surface area contributed by atoms with Crippen LogP contribution in [0.25, 0.3) is 0 Å². The molecule has 1 fully saturated rings. The number of hydrogen-bond donors (Lipinski definition) is 0. The lowest BCUT2D eigenvalue weighted by Crippen LogP contribution is -2.52. The van der Waals surface area contributed by atoms with Crippen molar-refractivity contribution >= 4 is 35.2 Å². The average Bonchev–Trinajstić information content (AvgIpc) is 2.88. The number of rotatable bonds is 6. The van der Waals surface area contributed by atoms with Crippen molar-refractivity contribution in [3.8, 4) is 0 Å². The van der Waals surface area contributed by atoms with Crippen molar-refractivity contribution in [2.75, 3.05) is 13.2 Å². The molecule has 2 rings (SSSR count). The summed E-state index contributed by atoms with van der Waals surface area (Å²) in [6.45, 7) is 2.85. The van der Waals surface area contributed by atoms with E-state index in [9.17, 15) is 19.2 Å². The van der Waals surface area contributed by atoms with Crippen LogP contribution in [0.4, 0.5) is 4.39 Å². The first kappa shape index (κ1) is 19.1. The third-order valence-corrected chi connectivity index (χ3v) is 4.30. The Morgan fingerprint density at radius 1 is 1.28 bits per heavy atom. The summed E-state index contributed by atoms with van der Waals surface area (Å²) < 4.78 is 20.4. The van der Waals surface area contributed by atoms with Crippen molar-refractivity contribution in [2.24, 2.45) is 5.92 Å². The van der Waals surface area contributed by atoms with Gasteiger partial charge in [-0.15, -0.1) is 0 Å². The molecule has 1 aromatic rings. The molecular formula is C17H17ClFNO5. The van der Waals surface area contributed by atoms with Gasteiger partial charge in [0.05, 0.1) is 6.61 Å². The highest BCUT2D eigenvalue weighted by molar-refractivity contribution is 6.30. The van der Waals surface area contributed by atoms with E-state index in [1.807, 2.05) is 0 Å². The van der Waals surface area contributed by atoms with E-state index in [1.165, 1.54) is 31.2 Å². The van der Waals surface area contributed by atoms with Crippen LogP contribution in [0.2, 0.25) is 5.02 Å². The Morgan fingerprint density at radius 2 is 1.88 bits per heavy atom. The van der Waals surface area contributed by atoms with E-state index in [-0.39, 0.29) is 18.7 Å². The molecule has 1 aliphatic rings. The van der Waals surface area contributed by atoms with Gasteiger partial charge in [-0.3, -0.25) is 19.3 Å². The molecule has 25 heavy (non-hydrogen) atoms. The highest BCUT2D eigenvalue weighted by Crippen LogP contribution is 2.37. The monoisotopic (exact) mass is 369 g/mol. The molecule has 0 spiro atoms. The van der Waals surface area contributed by atoms with Crippen LogP contribution in [-0.4, -0.2) is 47.3 Å². The van der Waals surface area contributed by atoms with Gasteiger partial charge in [-0.25, -0.2) is 9.18 Å². The Bertz CT molecular complexity index is 720. The summed E-state index contributed by atoms with van der Waals surface area (Å²) in [6, 6.07) is 5.22. The predicted molar refractivity (Wildman–Crippen MR) is 86.8 cm³/mol. The number of Topliss-reactive ketones (excluding diaryl/α,β-unsaturated/α-hetero) is 1. The molecule has 0 unspecified atom stereocenters. The van der Waals surface area contributed by atoms with Crippen LogP contribution in [0.3, 0.4) is 0 Å². The summed E-state index contributed by atoms with van der Waals surface area (Å²) in [7, 11) is 0. The maximum Gasteiger partial charge on any atom is 0.353 e. The third kappa shape index (κ3) is 3.28. The first-order chi connectivity index (χ1) is 11.8. The molecule has 0 N–H and O–H groups in total. The van der Waals surface area contributed by atoms with Crippen LogP contribution in [-0.2, 0) is 19.1 Å². The second-order valence-electron chi connectivity index (χ2n) is 5.50. The van der Waals surface area contributed by atoms with Gasteiger partial charge in [0.1, 0.15) is 5.92 Å². The minimum absolute atomic E-state index is 0.0300. The predicted octanol–water partition coefficient (Wildman–Crippen LogP) is 2.19. The number of carbonyl (C=O) groups is 4. The molecule has 2 atom stereocenters. The summed E-state index contributed by atoms with van der Waals surface area (Å²) in [4.78, 5) is 50.1. The first-order valence-electron chi connectivity index (χ1n) is 7.78. The zero-order valence-electron chi connectivity index (χ0n) is 13.8. The summed E-state index contributed by atoms with van der Waals surface area (Å²) in [6.07, 6.45) is -0.568. The highest BCUT2D eigenvalue weighted by atomic mass is 35.5. The van der Waals surface area contributed by atoms with Gasteiger partial charge < -0.3 is 4.74 Å². The van der Waals surface area contributed by atoms with Crippen LogP contribution < -0.4 is 0 Å². The van der Waals surface area contributed by atoms with Crippen LogP contribution in [0.15, 0.2) is 24.3 Å². The van der Waals surface area contributed by atoms with E-state index >= 15 is 4.39 Å². The molecule has 134 valence electrons. The fourth-order valence-corrected chi connectivity index (χ4v) is 2.89. The molecule has 0 saturated carbocycles. The van der Waals surface area contributed by atoms with E-state index in [4.69, 9.17) is 16.3 Å². The first-order valence-corrected chi connectivity index (χ1v) is 8.15. The number of hydrogen-bond acceptors (Lipinski definition) is 5. The summed E-state index contributed by atoms with van der Waals surface area (Å²) >= 11 is 5.75. The number of imide groups is 1. The average molecular weight is 370 g/mol. The zero-order valence-corrected chi connectivity index (χ0v) is 14.5. The topological polar surface area (TPSA) is 80.8 Å². The Morgan fingerprint density at radius 3 is 2.36 bits per heavy atom. The molecule has 1 aliphatic heterocycles. The zero-order chi connectivity index (χ0) is 18.8. The Balaban J connectivity index is 2.49. The number of halogens is 2. The smallest absolute Gasteiger partial charge is 0.353 e. The third-order valence-electron chi connectivity index (χ3n) is 4.05. The number of likely N-dealkylation sites (tertiary alicyclic amines) is 1. The summed E-state index contributed by atoms with van der Waals surface area (Å²) in [5, 5.41) is 0.321. The molecule has 1 heterocycles. The maximum atomic E-state index is 15.7. The molecule has 1 saturated heterocycles. The molecular weight excluding hydrogens is 353 g/mol. The second-order valence-corrected chi connectivity index (χ2v) is 5.94. The molecule has 1 aromatic carbocycles. The number of ether oxygens (including phenoxy) is 1. The normalized spacial score (nSPS) is 19.7. The van der Waals surface area contributed by atoms with Crippen molar-refractivity contribution in [3.63, 3.8) is 0 Å². The number of amides is 2. The summed E-state index contributed by atoms with van der Waals surface area (Å²) in [5.41, 5.74) is -3.42. The maximum absolute atomic E-state index is 15.7. The standard InChI is InChI=1S/C17H17ClFNO5/c1-3-20-13(21)9-12(15(20)23)17(19,16(24)25-4-2)14(22)10-5-7-11(18)8-6-10/h5-8,12H,3-4,9H2,1-2H3/t12-,17+/m0/s1. The second kappa shape index (κ2) is 7.31. The van der Waals surface area contributed by atoms with Gasteiger partial charge >= 0.3 is 5.97 Å². The number of benzene rings is 1. The van der Waals surface area contributed by atoms with Crippen LogP contribution in [0.5, 0.6) is 0 Å². The van der Waals surface area contributed by atoms with Gasteiger partial charge in [0.2, 0.25) is 17.6 Å². The van der Waals surface area contributed by atoms with Gasteiger partial charge in [-0.2, -0.15) is 0 Å². The number of ketones is 1. The van der Waals surface area contributed by atoms with Gasteiger partial charge in [0.15, 0.2) is 0 Å². The van der Waals surface area contributed by atoms with Gasteiger partial charge in [0.25, 0.3) is 5.67 Å². The summed E-state index contributed by atoms with van der Waals surface area (Å²) in [5.74, 6) is -5.98. The lowest BCUT2D eigenvalue weighted by atomic mass is 9.81. The fraction of sp³-hybridized carbons (Fsp3) is 0.412. The molecule has 8 heteroatoms. The number of nitrogens with zero attached hydrogens (tertiary/aromatic N) is 1. The van der Waals surface area contributed by atoms with Crippen molar-refractivity contribution in [2.45, 2.75) is 25.9 Å². The van der Waals surface area contributed by atoms with E-state index in [0.717, 1.165) is 4.90 Å². The quantitative estimate of drug-likeness (QED) is 0.332. The van der Waals surface area contributed by atoms with E-state index in [1.54, 1.807) is 6.92 Å². The molecule has 0 aromatic heterocycles. The Hall–Kier alpha value is -2.28. The minimum Gasteiger partial charge on any atom is -0.463 e. The Labute approximate surface area is 148 Å². The van der Waals surface area contributed by atoms with E-state index in [0.29, 0.717) is 5.02 Å². The highest BCUT2D eigenvalue weighted by Gasteiger charge is 2.61.